The third kappa shape index (κ3) is 2.37. The van der Waals surface area contributed by atoms with Gasteiger partial charge in [0.1, 0.15) is 10.3 Å². The minimum atomic E-state index is -2.58. The van der Waals surface area contributed by atoms with Crippen LogP contribution in [0.2, 0.25) is 0 Å². The average molecular weight is 317 g/mol. The maximum absolute atomic E-state index is 12.2. The van der Waals surface area contributed by atoms with Crippen LogP contribution in [-0.4, -0.2) is 12.1 Å². The molecule has 2 nitrogen and oxygen atoms in total. The van der Waals surface area contributed by atoms with Gasteiger partial charge in [-0.15, -0.1) is 0 Å². The van der Waals surface area contributed by atoms with E-state index < -0.39 is 6.43 Å². The van der Waals surface area contributed by atoms with Crippen LogP contribution in [0.15, 0.2) is 15.1 Å². The van der Waals surface area contributed by atoms with E-state index in [0.29, 0.717) is 10.2 Å². The molecule has 0 amide bonds. The molecule has 0 spiro atoms. The first kappa shape index (κ1) is 10.8. The standard InChI is InChI=1S/C7H5Br2F2NO/c1-13-5-3(8)2-4(7(10)11)12-6(5)9/h2,7H,1H3. The quantitative estimate of drug-likeness (QED) is 0.778. The van der Waals surface area contributed by atoms with E-state index in [9.17, 15) is 8.78 Å². The molecule has 0 saturated carbocycles. The van der Waals surface area contributed by atoms with Gasteiger partial charge < -0.3 is 4.74 Å². The Morgan fingerprint density at radius 2 is 2.08 bits per heavy atom. The lowest BCUT2D eigenvalue weighted by Crippen LogP contribution is -1.95. The second-order valence-corrected chi connectivity index (χ2v) is 3.76. The van der Waals surface area contributed by atoms with Gasteiger partial charge in [0.25, 0.3) is 6.43 Å². The first-order valence-corrected chi connectivity index (χ1v) is 4.83. The molecule has 6 heteroatoms. The molecule has 1 aromatic rings. The Bertz CT molecular complexity index is 296. The van der Waals surface area contributed by atoms with Crippen LogP contribution < -0.4 is 4.74 Å². The number of methoxy groups -OCH3 is 1. The maximum atomic E-state index is 12.2. The van der Waals surface area contributed by atoms with Crippen molar-refractivity contribution in [1.82, 2.24) is 4.98 Å². The zero-order chi connectivity index (χ0) is 10.0. The van der Waals surface area contributed by atoms with Crippen molar-refractivity contribution < 1.29 is 13.5 Å². The fraction of sp³-hybridized carbons (Fsp3) is 0.286. The second-order valence-electron chi connectivity index (χ2n) is 2.15. The van der Waals surface area contributed by atoms with Gasteiger partial charge in [0.2, 0.25) is 0 Å². The van der Waals surface area contributed by atoms with E-state index in [1.807, 2.05) is 0 Å². The second kappa shape index (κ2) is 4.32. The van der Waals surface area contributed by atoms with E-state index in [4.69, 9.17) is 4.74 Å². The molecule has 72 valence electrons. The van der Waals surface area contributed by atoms with Gasteiger partial charge in [-0.05, 0) is 37.9 Å². The minimum absolute atomic E-state index is 0.264. The number of alkyl halides is 2. The van der Waals surface area contributed by atoms with Crippen LogP contribution in [0.4, 0.5) is 8.78 Å². The molecule has 0 radical (unpaired) electrons. The molecule has 0 saturated heterocycles. The predicted molar refractivity (Wildman–Crippen MR) is 51.1 cm³/mol. The molecule has 0 unspecified atom stereocenters. The van der Waals surface area contributed by atoms with Crippen molar-refractivity contribution in [2.45, 2.75) is 6.43 Å². The van der Waals surface area contributed by atoms with Crippen LogP contribution in [0.25, 0.3) is 0 Å². The van der Waals surface area contributed by atoms with Gasteiger partial charge in [-0.2, -0.15) is 0 Å². The SMILES string of the molecule is COc1c(Br)cc(C(F)F)nc1Br. The molecule has 0 aliphatic rings. The Kier molecular flexibility index (Phi) is 3.61. The summed E-state index contributed by atoms with van der Waals surface area (Å²) in [6, 6.07) is 1.23. The lowest BCUT2D eigenvalue weighted by Gasteiger charge is -2.07. The zero-order valence-corrected chi connectivity index (χ0v) is 9.69. The molecule has 13 heavy (non-hydrogen) atoms. The number of hydrogen-bond acceptors (Lipinski definition) is 2. The van der Waals surface area contributed by atoms with E-state index in [-0.39, 0.29) is 10.3 Å². The largest absolute Gasteiger partial charge is 0.493 e. The molecule has 0 bridgehead atoms. The van der Waals surface area contributed by atoms with Crippen molar-refractivity contribution in [1.29, 1.82) is 0 Å². The third-order valence-corrected chi connectivity index (χ3v) is 2.46. The molecule has 0 N–H and O–H groups in total. The number of rotatable bonds is 2. The summed E-state index contributed by atoms with van der Waals surface area (Å²) < 4.78 is 30.1. The van der Waals surface area contributed by atoms with E-state index in [1.54, 1.807) is 0 Å². The number of nitrogens with zero attached hydrogens (tertiary/aromatic N) is 1. The molecule has 0 aliphatic heterocycles. The normalized spacial score (nSPS) is 10.6. The molecule has 0 aromatic carbocycles. The summed E-state index contributed by atoms with van der Waals surface area (Å²) in [6.07, 6.45) is -2.58. The van der Waals surface area contributed by atoms with Crippen molar-refractivity contribution >= 4 is 31.9 Å². The van der Waals surface area contributed by atoms with Crippen LogP contribution >= 0.6 is 31.9 Å². The van der Waals surface area contributed by atoms with Crippen LogP contribution in [-0.2, 0) is 0 Å². The Morgan fingerprint density at radius 3 is 2.46 bits per heavy atom. The van der Waals surface area contributed by atoms with E-state index in [2.05, 4.69) is 36.8 Å². The lowest BCUT2D eigenvalue weighted by atomic mass is 10.3. The van der Waals surface area contributed by atoms with Gasteiger partial charge >= 0.3 is 0 Å². The summed E-state index contributed by atoms with van der Waals surface area (Å²) in [4.78, 5) is 3.62. The van der Waals surface area contributed by atoms with Crippen molar-refractivity contribution in [3.63, 3.8) is 0 Å². The van der Waals surface area contributed by atoms with Gasteiger partial charge in [-0.3, -0.25) is 0 Å². The molecular weight excluding hydrogens is 312 g/mol. The first-order chi connectivity index (χ1) is 6.06. The number of pyridine rings is 1. The molecule has 0 fully saturated rings. The van der Waals surface area contributed by atoms with Gasteiger partial charge in [0, 0.05) is 0 Å². The summed E-state index contributed by atoms with van der Waals surface area (Å²) in [5.74, 6) is 0.407. The highest BCUT2D eigenvalue weighted by Gasteiger charge is 2.15. The predicted octanol–water partition coefficient (Wildman–Crippen LogP) is 3.55. The molecule has 1 aromatic heterocycles. The Labute approximate surface area is 90.6 Å². The first-order valence-electron chi connectivity index (χ1n) is 3.24. The van der Waals surface area contributed by atoms with Crippen molar-refractivity contribution in [3.05, 3.63) is 20.8 Å². The minimum Gasteiger partial charge on any atom is -0.493 e. The summed E-state index contributed by atoms with van der Waals surface area (Å²) in [7, 11) is 1.44. The monoisotopic (exact) mass is 315 g/mol. The Balaban J connectivity index is 3.20. The number of ether oxygens (including phenoxy) is 1. The topological polar surface area (TPSA) is 22.1 Å². The molecule has 0 aliphatic carbocycles. The summed E-state index contributed by atoms with van der Waals surface area (Å²) in [6.45, 7) is 0. The maximum Gasteiger partial charge on any atom is 0.280 e. The summed E-state index contributed by atoms with van der Waals surface area (Å²) in [5, 5.41) is 0. The third-order valence-electron chi connectivity index (χ3n) is 1.33. The highest BCUT2D eigenvalue weighted by Crippen LogP contribution is 2.34. The smallest absolute Gasteiger partial charge is 0.280 e. The molecule has 1 heterocycles. The van der Waals surface area contributed by atoms with Crippen LogP contribution in [0.5, 0.6) is 5.75 Å². The van der Waals surface area contributed by atoms with Gasteiger partial charge in [-0.1, -0.05) is 0 Å². The van der Waals surface area contributed by atoms with E-state index in [0.717, 1.165) is 0 Å². The highest BCUT2D eigenvalue weighted by molar-refractivity contribution is 9.11. The molecule has 1 rings (SSSR count). The highest BCUT2D eigenvalue weighted by atomic mass is 79.9. The Hall–Kier alpha value is -0.230. The Morgan fingerprint density at radius 1 is 1.46 bits per heavy atom. The summed E-state index contributed by atoms with van der Waals surface area (Å²) in [5.41, 5.74) is -0.292. The molecular formula is C7H5Br2F2NO. The summed E-state index contributed by atoms with van der Waals surface area (Å²) >= 11 is 6.13. The van der Waals surface area contributed by atoms with Crippen molar-refractivity contribution in [2.24, 2.45) is 0 Å². The number of halogens is 4. The van der Waals surface area contributed by atoms with Crippen LogP contribution in [0.3, 0.4) is 0 Å². The number of hydrogen-bond donors (Lipinski definition) is 0. The van der Waals surface area contributed by atoms with Crippen LogP contribution in [0, 0.1) is 0 Å². The molecule has 0 atom stereocenters. The van der Waals surface area contributed by atoms with Gasteiger partial charge in [0.05, 0.1) is 11.6 Å². The van der Waals surface area contributed by atoms with Gasteiger partial charge in [0.15, 0.2) is 5.75 Å². The van der Waals surface area contributed by atoms with Gasteiger partial charge in [-0.25, -0.2) is 13.8 Å². The van der Waals surface area contributed by atoms with Crippen molar-refractivity contribution in [3.8, 4) is 5.75 Å². The average Bonchev–Trinajstić information content (AvgIpc) is 2.03. The van der Waals surface area contributed by atoms with Crippen LogP contribution in [0.1, 0.15) is 12.1 Å². The number of aromatic nitrogens is 1. The fourth-order valence-electron chi connectivity index (χ4n) is 0.784. The van der Waals surface area contributed by atoms with E-state index in [1.165, 1.54) is 13.2 Å². The van der Waals surface area contributed by atoms with E-state index >= 15 is 0 Å². The zero-order valence-electron chi connectivity index (χ0n) is 6.52. The fourth-order valence-corrected chi connectivity index (χ4v) is 2.21. The van der Waals surface area contributed by atoms with Crippen molar-refractivity contribution in [2.75, 3.05) is 7.11 Å². The lowest BCUT2D eigenvalue weighted by molar-refractivity contribution is 0.145.